The number of hydrogen-bond acceptors (Lipinski definition) is 6. The number of benzene rings is 1. The number of rotatable bonds is 4. The first-order valence-corrected chi connectivity index (χ1v) is 10.2. The van der Waals surface area contributed by atoms with Crippen LogP contribution in [0.2, 0.25) is 5.02 Å². The summed E-state index contributed by atoms with van der Waals surface area (Å²) in [7, 11) is 0. The van der Waals surface area contributed by atoms with Gasteiger partial charge in [0.25, 0.3) is 0 Å². The number of nitrogens with zero attached hydrogens (tertiary/aromatic N) is 4. The van der Waals surface area contributed by atoms with Crippen molar-refractivity contribution >= 4 is 23.5 Å². The highest BCUT2D eigenvalue weighted by molar-refractivity contribution is 6.30. The van der Waals surface area contributed by atoms with Gasteiger partial charge in [0.05, 0.1) is 11.6 Å². The molecule has 7 nitrogen and oxygen atoms in total. The Morgan fingerprint density at radius 2 is 1.94 bits per heavy atom. The number of halogens is 2. The van der Waals surface area contributed by atoms with Gasteiger partial charge in [-0.1, -0.05) is 17.7 Å². The maximum Gasteiger partial charge on any atom is 0.410 e. The van der Waals surface area contributed by atoms with Crippen molar-refractivity contribution in [3.8, 4) is 11.9 Å². The van der Waals surface area contributed by atoms with Crippen molar-refractivity contribution in [3.63, 3.8) is 0 Å². The van der Waals surface area contributed by atoms with Crippen LogP contribution in [0.5, 0.6) is 5.88 Å². The van der Waals surface area contributed by atoms with Crippen molar-refractivity contribution in [1.82, 2.24) is 9.88 Å². The zero-order valence-electron chi connectivity index (χ0n) is 17.7. The van der Waals surface area contributed by atoms with Gasteiger partial charge in [0, 0.05) is 42.8 Å². The van der Waals surface area contributed by atoms with Gasteiger partial charge in [-0.05, 0) is 39.0 Å². The molecule has 164 valence electrons. The van der Waals surface area contributed by atoms with Gasteiger partial charge in [0.15, 0.2) is 0 Å². The van der Waals surface area contributed by atoms with E-state index in [0.717, 1.165) is 0 Å². The van der Waals surface area contributed by atoms with Gasteiger partial charge < -0.3 is 19.3 Å². The van der Waals surface area contributed by atoms with Crippen LogP contribution in [-0.2, 0) is 11.3 Å². The highest BCUT2D eigenvalue weighted by atomic mass is 35.5. The number of anilines is 1. The van der Waals surface area contributed by atoms with Crippen LogP contribution in [0, 0.1) is 17.1 Å². The average molecular weight is 447 g/mol. The summed E-state index contributed by atoms with van der Waals surface area (Å²) in [5.41, 5.74) is 0.0202. The highest BCUT2D eigenvalue weighted by Crippen LogP contribution is 2.25. The topological polar surface area (TPSA) is 78.7 Å². The van der Waals surface area contributed by atoms with Gasteiger partial charge in [-0.15, -0.1) is 0 Å². The van der Waals surface area contributed by atoms with Gasteiger partial charge >= 0.3 is 6.09 Å². The minimum Gasteiger partial charge on any atom is -0.473 e. The summed E-state index contributed by atoms with van der Waals surface area (Å²) in [6, 6.07) is 9.38. The number of ether oxygens (including phenoxy) is 2. The second-order valence-electron chi connectivity index (χ2n) is 8.14. The molecule has 31 heavy (non-hydrogen) atoms. The lowest BCUT2D eigenvalue weighted by molar-refractivity contribution is 0.0240. The van der Waals surface area contributed by atoms with Crippen molar-refractivity contribution in [2.75, 3.05) is 31.1 Å². The molecule has 0 N–H and O–H groups in total. The molecule has 1 aliphatic heterocycles. The van der Waals surface area contributed by atoms with Gasteiger partial charge in [0.1, 0.15) is 23.8 Å². The van der Waals surface area contributed by atoms with Crippen molar-refractivity contribution in [2.45, 2.75) is 33.0 Å². The van der Waals surface area contributed by atoms with E-state index < -0.39 is 11.4 Å². The summed E-state index contributed by atoms with van der Waals surface area (Å²) in [6.45, 7) is 7.59. The normalized spacial score (nSPS) is 14.2. The number of aromatic nitrogens is 1. The Balaban J connectivity index is 1.63. The third-order valence-corrected chi connectivity index (χ3v) is 4.78. The summed E-state index contributed by atoms with van der Waals surface area (Å²) in [4.78, 5) is 20.4. The van der Waals surface area contributed by atoms with Crippen LogP contribution in [0.15, 0.2) is 30.3 Å². The smallest absolute Gasteiger partial charge is 0.410 e. The molecule has 1 fully saturated rings. The second kappa shape index (κ2) is 9.40. The predicted octanol–water partition coefficient (Wildman–Crippen LogP) is 4.38. The lowest BCUT2D eigenvalue weighted by Crippen LogP contribution is -2.50. The van der Waals surface area contributed by atoms with Crippen molar-refractivity contribution in [3.05, 3.63) is 52.3 Å². The fourth-order valence-electron chi connectivity index (χ4n) is 3.03. The van der Waals surface area contributed by atoms with Crippen LogP contribution in [0.25, 0.3) is 0 Å². The first kappa shape index (κ1) is 22.6. The van der Waals surface area contributed by atoms with Gasteiger partial charge in [-0.3, -0.25) is 0 Å². The molecule has 9 heteroatoms. The molecule has 1 amide bonds. The number of carbonyl (C=O) groups is 1. The minimum atomic E-state index is -0.538. The summed E-state index contributed by atoms with van der Waals surface area (Å²) in [5, 5.41) is 9.28. The number of carbonyl (C=O) groups excluding carboxylic acids is 1. The predicted molar refractivity (Wildman–Crippen MR) is 115 cm³/mol. The molecule has 0 atom stereocenters. The fourth-order valence-corrected chi connectivity index (χ4v) is 3.22. The van der Waals surface area contributed by atoms with Crippen LogP contribution in [0.4, 0.5) is 15.0 Å². The van der Waals surface area contributed by atoms with E-state index in [0.29, 0.717) is 42.6 Å². The molecule has 0 saturated carbocycles. The molecule has 1 saturated heterocycles. The second-order valence-corrected chi connectivity index (χ2v) is 8.58. The number of hydrogen-bond donors (Lipinski definition) is 0. The summed E-state index contributed by atoms with van der Waals surface area (Å²) < 4.78 is 25.1. The molecule has 3 rings (SSSR count). The Morgan fingerprint density at radius 3 is 2.55 bits per heavy atom. The Labute approximate surface area is 185 Å². The molecule has 0 spiro atoms. The largest absolute Gasteiger partial charge is 0.473 e. The van der Waals surface area contributed by atoms with Gasteiger partial charge in [-0.2, -0.15) is 10.2 Å². The molecule has 0 unspecified atom stereocenters. The van der Waals surface area contributed by atoms with Gasteiger partial charge in [-0.25, -0.2) is 9.18 Å². The highest BCUT2D eigenvalue weighted by Gasteiger charge is 2.26. The van der Waals surface area contributed by atoms with Crippen molar-refractivity contribution < 1.29 is 18.7 Å². The van der Waals surface area contributed by atoms with E-state index in [9.17, 15) is 9.18 Å². The molecule has 1 aliphatic rings. The molecule has 0 bridgehead atoms. The lowest BCUT2D eigenvalue weighted by Gasteiger charge is -2.36. The first-order chi connectivity index (χ1) is 14.6. The molecular weight excluding hydrogens is 423 g/mol. The van der Waals surface area contributed by atoms with E-state index in [1.807, 2.05) is 31.7 Å². The van der Waals surface area contributed by atoms with Crippen LogP contribution in [-0.4, -0.2) is 47.8 Å². The minimum absolute atomic E-state index is 0.0449. The monoisotopic (exact) mass is 446 g/mol. The van der Waals surface area contributed by atoms with Crippen molar-refractivity contribution in [1.29, 1.82) is 5.26 Å². The molecule has 2 heterocycles. The van der Waals surface area contributed by atoms with Crippen LogP contribution in [0.3, 0.4) is 0 Å². The zero-order chi connectivity index (χ0) is 22.6. The standard InChI is InChI=1S/C22H24ClFN4O3/c1-22(2,3)31-21(29)28-8-6-27(7-9-28)19-11-17(23)12-20(26-19)30-14-16-5-4-15(13-25)10-18(16)24/h4-5,10-12H,6-9,14H2,1-3H3. The maximum atomic E-state index is 14.1. The molecular formula is C22H24ClFN4O3. The summed E-state index contributed by atoms with van der Waals surface area (Å²) in [6.07, 6.45) is -0.334. The van der Waals surface area contributed by atoms with E-state index >= 15 is 0 Å². The summed E-state index contributed by atoms with van der Waals surface area (Å²) in [5.74, 6) is 0.368. The van der Waals surface area contributed by atoms with Crippen LogP contribution in [0.1, 0.15) is 31.9 Å². The number of nitriles is 1. The third-order valence-electron chi connectivity index (χ3n) is 4.57. The quantitative estimate of drug-likeness (QED) is 0.693. The Hall–Kier alpha value is -3.05. The fraction of sp³-hybridized carbons (Fsp3) is 0.409. The average Bonchev–Trinajstić information content (AvgIpc) is 2.71. The summed E-state index contributed by atoms with van der Waals surface area (Å²) >= 11 is 6.23. The zero-order valence-corrected chi connectivity index (χ0v) is 18.4. The molecule has 1 aromatic carbocycles. The van der Waals surface area contributed by atoms with E-state index in [1.165, 1.54) is 18.2 Å². The number of amides is 1. The SMILES string of the molecule is CC(C)(C)OC(=O)N1CCN(c2cc(Cl)cc(OCc3ccc(C#N)cc3F)n2)CC1. The van der Waals surface area contributed by atoms with E-state index in [-0.39, 0.29) is 24.1 Å². The van der Waals surface area contributed by atoms with Crippen molar-refractivity contribution in [2.24, 2.45) is 0 Å². The Morgan fingerprint density at radius 1 is 1.23 bits per heavy atom. The lowest BCUT2D eigenvalue weighted by atomic mass is 10.1. The van der Waals surface area contributed by atoms with Crippen LogP contribution < -0.4 is 9.64 Å². The molecule has 0 aliphatic carbocycles. The number of pyridine rings is 1. The Bertz CT molecular complexity index is 995. The molecule has 1 aromatic heterocycles. The van der Waals surface area contributed by atoms with E-state index in [1.54, 1.807) is 17.0 Å². The molecule has 2 aromatic rings. The first-order valence-electron chi connectivity index (χ1n) is 9.86. The third kappa shape index (κ3) is 6.22. The Kier molecular flexibility index (Phi) is 6.86. The number of piperazine rings is 1. The van der Waals surface area contributed by atoms with Gasteiger partial charge in [0.2, 0.25) is 5.88 Å². The van der Waals surface area contributed by atoms with E-state index in [4.69, 9.17) is 26.3 Å². The maximum absolute atomic E-state index is 14.1. The molecule has 0 radical (unpaired) electrons. The van der Waals surface area contributed by atoms with Crippen LogP contribution >= 0.6 is 11.6 Å². The van der Waals surface area contributed by atoms with E-state index in [2.05, 4.69) is 4.98 Å².